The van der Waals surface area contributed by atoms with Gasteiger partial charge in [-0.15, -0.1) is 0 Å². The molecule has 2 heterocycles. The van der Waals surface area contributed by atoms with Gasteiger partial charge in [-0.2, -0.15) is 13.2 Å². The molecule has 0 unspecified atom stereocenters. The standard InChI is InChI=1S/C9H9BrF3N3/c10-6-4-14-8(15-5-6)16-3-1-2-7(16)9(11,12)13/h4-5,7H,1-3H2/t7-/m0/s1. The van der Waals surface area contributed by atoms with E-state index in [1.54, 1.807) is 0 Å². The third-order valence-corrected chi connectivity index (χ3v) is 2.90. The molecule has 16 heavy (non-hydrogen) atoms. The molecule has 1 aliphatic heterocycles. The van der Waals surface area contributed by atoms with E-state index in [0.29, 0.717) is 17.4 Å². The van der Waals surface area contributed by atoms with Crippen molar-refractivity contribution >= 4 is 21.9 Å². The van der Waals surface area contributed by atoms with Crippen molar-refractivity contribution in [3.05, 3.63) is 16.9 Å². The molecule has 88 valence electrons. The maximum atomic E-state index is 12.7. The van der Waals surface area contributed by atoms with E-state index < -0.39 is 12.2 Å². The van der Waals surface area contributed by atoms with Gasteiger partial charge in [-0.25, -0.2) is 9.97 Å². The minimum absolute atomic E-state index is 0.114. The fraction of sp³-hybridized carbons (Fsp3) is 0.556. The summed E-state index contributed by atoms with van der Waals surface area (Å²) in [5.74, 6) is 0.142. The fourth-order valence-electron chi connectivity index (χ4n) is 1.80. The molecule has 0 bridgehead atoms. The fourth-order valence-corrected chi connectivity index (χ4v) is 2.00. The molecule has 1 fully saturated rings. The Bertz CT molecular complexity index is 365. The minimum Gasteiger partial charge on any atom is -0.329 e. The molecule has 1 aliphatic rings. The molecule has 3 nitrogen and oxygen atoms in total. The number of rotatable bonds is 1. The first kappa shape index (κ1) is 11.6. The molecule has 0 amide bonds. The average molecular weight is 296 g/mol. The number of halogens is 4. The van der Waals surface area contributed by atoms with Gasteiger partial charge in [0.2, 0.25) is 5.95 Å². The molecule has 0 aromatic carbocycles. The van der Waals surface area contributed by atoms with Crippen LogP contribution in [0.4, 0.5) is 19.1 Å². The van der Waals surface area contributed by atoms with Gasteiger partial charge in [0.05, 0.1) is 4.47 Å². The zero-order valence-electron chi connectivity index (χ0n) is 8.21. The molecule has 7 heteroatoms. The summed E-state index contributed by atoms with van der Waals surface area (Å²) in [6.07, 6.45) is -0.679. The quantitative estimate of drug-likeness (QED) is 0.798. The van der Waals surface area contributed by atoms with Crippen molar-refractivity contribution in [3.8, 4) is 0 Å². The molecule has 1 atom stereocenters. The van der Waals surface area contributed by atoms with Gasteiger partial charge in [-0.1, -0.05) is 0 Å². The molecular weight excluding hydrogens is 287 g/mol. The van der Waals surface area contributed by atoms with Crippen LogP contribution in [-0.4, -0.2) is 28.7 Å². The van der Waals surface area contributed by atoms with Crippen LogP contribution in [0.5, 0.6) is 0 Å². The topological polar surface area (TPSA) is 29.0 Å². The van der Waals surface area contributed by atoms with Crippen LogP contribution in [0.3, 0.4) is 0 Å². The predicted molar refractivity (Wildman–Crippen MR) is 56.2 cm³/mol. The zero-order chi connectivity index (χ0) is 11.8. The summed E-state index contributed by atoms with van der Waals surface area (Å²) in [6.45, 7) is 0.353. The number of hydrogen-bond acceptors (Lipinski definition) is 3. The summed E-state index contributed by atoms with van der Waals surface area (Å²) in [5, 5.41) is 0. The molecule has 0 aliphatic carbocycles. The summed E-state index contributed by atoms with van der Waals surface area (Å²) in [7, 11) is 0. The maximum Gasteiger partial charge on any atom is 0.408 e. The van der Waals surface area contributed by atoms with Crippen molar-refractivity contribution in [2.75, 3.05) is 11.4 Å². The Kier molecular flexibility index (Phi) is 3.05. The van der Waals surface area contributed by atoms with Gasteiger partial charge >= 0.3 is 6.18 Å². The van der Waals surface area contributed by atoms with Crippen molar-refractivity contribution in [1.82, 2.24) is 9.97 Å². The van der Waals surface area contributed by atoms with E-state index in [1.807, 2.05) is 0 Å². The minimum atomic E-state index is -4.22. The van der Waals surface area contributed by atoms with Gasteiger partial charge < -0.3 is 4.90 Å². The average Bonchev–Trinajstić information content (AvgIpc) is 2.66. The highest BCUT2D eigenvalue weighted by Gasteiger charge is 2.46. The highest BCUT2D eigenvalue weighted by atomic mass is 79.9. The van der Waals surface area contributed by atoms with Gasteiger partial charge in [-0.05, 0) is 28.8 Å². The summed E-state index contributed by atoms with van der Waals surface area (Å²) < 4.78 is 38.7. The van der Waals surface area contributed by atoms with Crippen LogP contribution in [-0.2, 0) is 0 Å². The predicted octanol–water partition coefficient (Wildman–Crippen LogP) is 2.77. The van der Waals surface area contributed by atoms with Crippen LogP contribution in [0.25, 0.3) is 0 Å². The van der Waals surface area contributed by atoms with Gasteiger partial charge in [0.15, 0.2) is 0 Å². The SMILES string of the molecule is FC(F)(F)[C@@H]1CCCN1c1ncc(Br)cn1. The largest absolute Gasteiger partial charge is 0.408 e. The van der Waals surface area contributed by atoms with Gasteiger partial charge in [-0.3, -0.25) is 0 Å². The van der Waals surface area contributed by atoms with E-state index in [-0.39, 0.29) is 12.4 Å². The molecule has 0 N–H and O–H groups in total. The highest BCUT2D eigenvalue weighted by molar-refractivity contribution is 9.10. The monoisotopic (exact) mass is 295 g/mol. The van der Waals surface area contributed by atoms with Crippen LogP contribution in [0, 0.1) is 0 Å². The lowest BCUT2D eigenvalue weighted by atomic mass is 10.2. The van der Waals surface area contributed by atoms with E-state index in [4.69, 9.17) is 0 Å². The molecule has 0 radical (unpaired) electrons. The van der Waals surface area contributed by atoms with Crippen molar-refractivity contribution in [1.29, 1.82) is 0 Å². The van der Waals surface area contributed by atoms with Crippen LogP contribution < -0.4 is 4.90 Å². The Morgan fingerprint density at radius 2 is 1.94 bits per heavy atom. The zero-order valence-corrected chi connectivity index (χ0v) is 9.79. The Balaban J connectivity index is 2.23. The van der Waals surface area contributed by atoms with E-state index in [2.05, 4.69) is 25.9 Å². The molecule has 1 saturated heterocycles. The highest BCUT2D eigenvalue weighted by Crippen LogP contribution is 2.34. The van der Waals surface area contributed by atoms with Crippen LogP contribution >= 0.6 is 15.9 Å². The third-order valence-electron chi connectivity index (χ3n) is 2.49. The lowest BCUT2D eigenvalue weighted by Crippen LogP contribution is -2.42. The third kappa shape index (κ3) is 2.28. The molecule has 1 aromatic heterocycles. The number of anilines is 1. The van der Waals surface area contributed by atoms with Crippen molar-refractivity contribution < 1.29 is 13.2 Å². The van der Waals surface area contributed by atoms with E-state index in [1.165, 1.54) is 17.3 Å². The molecule has 0 saturated carbocycles. The Hall–Kier alpha value is -0.850. The number of hydrogen-bond donors (Lipinski definition) is 0. The van der Waals surface area contributed by atoms with Gasteiger partial charge in [0.1, 0.15) is 6.04 Å². The smallest absolute Gasteiger partial charge is 0.329 e. The van der Waals surface area contributed by atoms with Crippen LogP contribution in [0.15, 0.2) is 16.9 Å². The van der Waals surface area contributed by atoms with Crippen molar-refractivity contribution in [3.63, 3.8) is 0 Å². The molecule has 0 spiro atoms. The summed E-state index contributed by atoms with van der Waals surface area (Å²) in [5.41, 5.74) is 0. The molecular formula is C9H9BrF3N3. The molecule has 1 aromatic rings. The normalized spacial score (nSPS) is 21.5. The van der Waals surface area contributed by atoms with Crippen molar-refractivity contribution in [2.45, 2.75) is 25.1 Å². The second-order valence-electron chi connectivity index (χ2n) is 3.59. The first-order valence-electron chi connectivity index (χ1n) is 4.79. The second kappa shape index (κ2) is 4.20. The first-order chi connectivity index (χ1) is 7.48. The Labute approximate surface area is 98.8 Å². The van der Waals surface area contributed by atoms with Gasteiger partial charge in [0.25, 0.3) is 0 Å². The van der Waals surface area contributed by atoms with Crippen molar-refractivity contribution in [2.24, 2.45) is 0 Å². The Morgan fingerprint density at radius 3 is 2.50 bits per heavy atom. The van der Waals surface area contributed by atoms with Crippen LogP contribution in [0.1, 0.15) is 12.8 Å². The maximum absolute atomic E-state index is 12.7. The lowest BCUT2D eigenvalue weighted by molar-refractivity contribution is -0.146. The van der Waals surface area contributed by atoms with Crippen LogP contribution in [0.2, 0.25) is 0 Å². The summed E-state index contributed by atoms with van der Waals surface area (Å²) in [6, 6.07) is -1.45. The second-order valence-corrected chi connectivity index (χ2v) is 4.51. The summed E-state index contributed by atoms with van der Waals surface area (Å²) >= 11 is 3.14. The Morgan fingerprint density at radius 1 is 1.31 bits per heavy atom. The number of alkyl halides is 3. The molecule has 2 rings (SSSR count). The lowest BCUT2D eigenvalue weighted by Gasteiger charge is -2.26. The number of aromatic nitrogens is 2. The first-order valence-corrected chi connectivity index (χ1v) is 5.58. The van der Waals surface area contributed by atoms with E-state index >= 15 is 0 Å². The number of nitrogens with zero attached hydrogens (tertiary/aromatic N) is 3. The van der Waals surface area contributed by atoms with E-state index in [0.717, 1.165) is 0 Å². The van der Waals surface area contributed by atoms with E-state index in [9.17, 15) is 13.2 Å². The van der Waals surface area contributed by atoms with Gasteiger partial charge in [0, 0.05) is 18.9 Å². The summed E-state index contributed by atoms with van der Waals surface area (Å²) in [4.78, 5) is 9.00.